The molecule has 2 aromatic carbocycles. The third-order valence-corrected chi connectivity index (χ3v) is 7.60. The average molecular weight is 477 g/mol. The fourth-order valence-electron chi connectivity index (χ4n) is 4.48. The number of hydrogen-bond donors (Lipinski definition) is 2. The normalized spacial score (nSPS) is 18.1. The number of nitrogens with zero attached hydrogens (tertiary/aromatic N) is 2. The zero-order valence-electron chi connectivity index (χ0n) is 18.0. The second kappa shape index (κ2) is 9.31. The predicted molar refractivity (Wildman–Crippen MR) is 123 cm³/mol. The van der Waals surface area contributed by atoms with Crippen LogP contribution in [0.4, 0.5) is 4.39 Å². The number of aryl methyl sites for hydroxylation is 1. The molecule has 0 radical (unpaired) electrons. The van der Waals surface area contributed by atoms with Gasteiger partial charge in [0.05, 0.1) is 6.20 Å². The molecule has 0 bridgehead atoms. The fourth-order valence-corrected chi connectivity index (χ4v) is 5.68. The molecule has 1 heterocycles. The molecule has 1 aliphatic rings. The highest BCUT2D eigenvalue weighted by atomic mass is 35.5. The van der Waals surface area contributed by atoms with E-state index in [1.54, 1.807) is 13.1 Å². The summed E-state index contributed by atoms with van der Waals surface area (Å²) >= 11 is 6.18. The largest absolute Gasteiger partial charge is 0.319 e. The van der Waals surface area contributed by atoms with Gasteiger partial charge < -0.3 is 5.32 Å². The molecule has 0 amide bonds. The van der Waals surface area contributed by atoms with Gasteiger partial charge in [0.15, 0.2) is 0 Å². The Morgan fingerprint density at radius 3 is 2.78 bits per heavy atom. The van der Waals surface area contributed by atoms with Crippen molar-refractivity contribution < 1.29 is 12.8 Å². The van der Waals surface area contributed by atoms with Crippen LogP contribution in [0.5, 0.6) is 0 Å². The third-order valence-electron chi connectivity index (χ3n) is 6.01. The Morgan fingerprint density at radius 2 is 2.09 bits per heavy atom. The van der Waals surface area contributed by atoms with Crippen molar-refractivity contribution in [2.24, 2.45) is 13.0 Å². The molecule has 1 aromatic heterocycles. The molecular formula is C23H26ClFN4O2S. The third kappa shape index (κ3) is 4.88. The molecule has 1 aliphatic carbocycles. The first-order valence-corrected chi connectivity index (χ1v) is 12.3. The molecule has 170 valence electrons. The van der Waals surface area contributed by atoms with Gasteiger partial charge in [-0.25, -0.2) is 17.5 Å². The number of benzene rings is 2. The lowest BCUT2D eigenvalue weighted by molar-refractivity contribution is 0.436. The number of halogens is 2. The summed E-state index contributed by atoms with van der Waals surface area (Å²) in [6.07, 6.45) is 4.24. The van der Waals surface area contributed by atoms with Crippen molar-refractivity contribution in [3.63, 3.8) is 0 Å². The Hall–Kier alpha value is -2.26. The van der Waals surface area contributed by atoms with E-state index in [1.165, 1.54) is 17.1 Å². The van der Waals surface area contributed by atoms with Gasteiger partial charge in [0.25, 0.3) is 0 Å². The number of hydrogen-bond acceptors (Lipinski definition) is 4. The minimum atomic E-state index is -3.78. The van der Waals surface area contributed by atoms with Crippen LogP contribution in [0.25, 0.3) is 0 Å². The summed E-state index contributed by atoms with van der Waals surface area (Å²) < 4.78 is 43.8. The SMILES string of the molecule is CNCC1Cc2cc(F)c(CNS(=O)(=O)c3cnn(C)c3)cc2C1Cc1cccc(Cl)c1. The Kier molecular flexibility index (Phi) is 6.67. The monoisotopic (exact) mass is 476 g/mol. The van der Waals surface area contributed by atoms with Crippen molar-refractivity contribution in [1.82, 2.24) is 19.8 Å². The highest BCUT2D eigenvalue weighted by Gasteiger charge is 2.33. The minimum absolute atomic E-state index is 0.0504. The molecular weight excluding hydrogens is 451 g/mol. The van der Waals surface area contributed by atoms with Crippen molar-refractivity contribution in [2.75, 3.05) is 13.6 Å². The van der Waals surface area contributed by atoms with E-state index in [2.05, 4.69) is 15.1 Å². The lowest BCUT2D eigenvalue weighted by atomic mass is 9.86. The van der Waals surface area contributed by atoms with Gasteiger partial charge in [0.2, 0.25) is 10.0 Å². The van der Waals surface area contributed by atoms with E-state index in [4.69, 9.17) is 11.6 Å². The second-order valence-corrected chi connectivity index (χ2v) is 10.5. The topological polar surface area (TPSA) is 76.0 Å². The first-order chi connectivity index (χ1) is 15.3. The molecule has 32 heavy (non-hydrogen) atoms. The molecule has 6 nitrogen and oxygen atoms in total. The molecule has 2 unspecified atom stereocenters. The van der Waals surface area contributed by atoms with Crippen LogP contribution in [-0.4, -0.2) is 31.8 Å². The summed E-state index contributed by atoms with van der Waals surface area (Å²) in [4.78, 5) is 0.0504. The molecule has 0 saturated heterocycles. The first kappa shape index (κ1) is 22.9. The van der Waals surface area contributed by atoms with E-state index >= 15 is 0 Å². The predicted octanol–water partition coefficient (Wildman–Crippen LogP) is 3.41. The van der Waals surface area contributed by atoms with Gasteiger partial charge in [0.1, 0.15) is 10.7 Å². The van der Waals surface area contributed by atoms with E-state index in [9.17, 15) is 12.8 Å². The summed E-state index contributed by atoms with van der Waals surface area (Å²) in [5.74, 6) is 0.102. The van der Waals surface area contributed by atoms with Gasteiger partial charge in [-0.2, -0.15) is 5.10 Å². The molecule has 9 heteroatoms. The molecule has 2 atom stereocenters. The summed E-state index contributed by atoms with van der Waals surface area (Å²) in [6.45, 7) is 0.682. The van der Waals surface area contributed by atoms with Crippen LogP contribution in [0, 0.1) is 11.7 Å². The molecule has 0 aliphatic heterocycles. The molecule has 0 spiro atoms. The Labute approximate surface area is 192 Å². The van der Waals surface area contributed by atoms with Gasteiger partial charge in [-0.15, -0.1) is 0 Å². The number of sulfonamides is 1. The maximum atomic E-state index is 14.9. The summed E-state index contributed by atoms with van der Waals surface area (Å²) in [6, 6.07) is 11.2. The van der Waals surface area contributed by atoms with Gasteiger partial charge in [-0.3, -0.25) is 4.68 Å². The molecule has 4 rings (SSSR count). The Morgan fingerprint density at radius 1 is 1.28 bits per heavy atom. The Bertz CT molecular complexity index is 1230. The number of rotatable bonds is 8. The van der Waals surface area contributed by atoms with Crippen molar-refractivity contribution in [3.05, 3.63) is 81.9 Å². The van der Waals surface area contributed by atoms with Crippen LogP contribution in [-0.2, 0) is 36.5 Å². The minimum Gasteiger partial charge on any atom is -0.319 e. The van der Waals surface area contributed by atoms with E-state index in [0.29, 0.717) is 16.5 Å². The van der Waals surface area contributed by atoms with Crippen LogP contribution >= 0.6 is 11.6 Å². The summed E-state index contributed by atoms with van der Waals surface area (Å²) in [5.41, 5.74) is 3.51. The second-order valence-electron chi connectivity index (χ2n) is 8.28. The summed E-state index contributed by atoms with van der Waals surface area (Å²) in [7, 11) is -0.224. The van der Waals surface area contributed by atoms with Crippen molar-refractivity contribution in [3.8, 4) is 0 Å². The van der Waals surface area contributed by atoms with Gasteiger partial charge in [-0.1, -0.05) is 29.8 Å². The van der Waals surface area contributed by atoms with Gasteiger partial charge in [0, 0.05) is 30.4 Å². The first-order valence-electron chi connectivity index (χ1n) is 10.5. The van der Waals surface area contributed by atoms with Gasteiger partial charge in [-0.05, 0) is 73.2 Å². The number of nitrogens with one attached hydrogen (secondary N) is 2. The smallest absolute Gasteiger partial charge is 0.243 e. The number of fused-ring (bicyclic) bond motifs is 1. The lowest BCUT2D eigenvalue weighted by Crippen LogP contribution is -2.24. The Balaban J connectivity index is 1.60. The standard InChI is InChI=1S/C23H26ClFN4O2S/c1-26-11-17-8-16-10-23(25)18(12-28-32(30,31)20-13-27-29(2)14-20)9-22(16)21(17)7-15-4-3-5-19(24)6-15/h3-6,9-10,13-14,17,21,26,28H,7-8,11-12H2,1-2H3. The zero-order valence-corrected chi connectivity index (χ0v) is 19.5. The molecule has 3 aromatic rings. The highest BCUT2D eigenvalue weighted by Crippen LogP contribution is 2.41. The maximum absolute atomic E-state index is 14.9. The zero-order chi connectivity index (χ0) is 22.9. The van der Waals surface area contributed by atoms with Crippen LogP contribution in [0.15, 0.2) is 53.7 Å². The van der Waals surface area contributed by atoms with E-state index in [0.717, 1.165) is 36.1 Å². The van der Waals surface area contributed by atoms with Crippen LogP contribution in [0.3, 0.4) is 0 Å². The highest BCUT2D eigenvalue weighted by molar-refractivity contribution is 7.89. The fraction of sp³-hybridized carbons (Fsp3) is 0.348. The van der Waals surface area contributed by atoms with E-state index in [-0.39, 0.29) is 17.4 Å². The maximum Gasteiger partial charge on any atom is 0.243 e. The van der Waals surface area contributed by atoms with E-state index in [1.807, 2.05) is 37.4 Å². The average Bonchev–Trinajstić information content (AvgIpc) is 3.31. The van der Waals surface area contributed by atoms with Crippen LogP contribution in [0.2, 0.25) is 5.02 Å². The lowest BCUT2D eigenvalue weighted by Gasteiger charge is -2.21. The molecule has 2 N–H and O–H groups in total. The number of aromatic nitrogens is 2. The molecule has 0 saturated carbocycles. The van der Waals surface area contributed by atoms with E-state index < -0.39 is 15.8 Å². The van der Waals surface area contributed by atoms with Gasteiger partial charge >= 0.3 is 0 Å². The molecule has 0 fully saturated rings. The van der Waals surface area contributed by atoms with Crippen LogP contribution < -0.4 is 10.0 Å². The quantitative estimate of drug-likeness (QED) is 0.522. The summed E-state index contributed by atoms with van der Waals surface area (Å²) in [5, 5.41) is 7.83. The van der Waals surface area contributed by atoms with Crippen molar-refractivity contribution >= 4 is 21.6 Å². The van der Waals surface area contributed by atoms with Crippen LogP contribution in [0.1, 0.15) is 28.2 Å². The van der Waals surface area contributed by atoms with Crippen molar-refractivity contribution in [1.29, 1.82) is 0 Å². The van der Waals surface area contributed by atoms with Crippen molar-refractivity contribution in [2.45, 2.75) is 30.2 Å².